The highest BCUT2D eigenvalue weighted by Crippen LogP contribution is 2.20. The molecule has 0 aliphatic heterocycles. The Bertz CT molecular complexity index is 1300. The zero-order valence-electron chi connectivity index (χ0n) is 16.9. The number of aromatic amines is 1. The molecule has 0 bridgehead atoms. The molecule has 2 aliphatic rings. The minimum Gasteiger partial charge on any atom is -0.311 e. The lowest BCUT2D eigenvalue weighted by Crippen LogP contribution is -2.40. The number of H-pyrrole nitrogens is 1. The van der Waals surface area contributed by atoms with Crippen LogP contribution in [0.25, 0.3) is 0 Å². The highest BCUT2D eigenvalue weighted by molar-refractivity contribution is 7.99. The van der Waals surface area contributed by atoms with Crippen LogP contribution in [-0.4, -0.2) is 22.8 Å². The van der Waals surface area contributed by atoms with Crippen LogP contribution in [-0.2, 0) is 35.8 Å². The van der Waals surface area contributed by atoms with Gasteiger partial charge in [-0.1, -0.05) is 36.5 Å². The molecule has 7 nitrogen and oxygen atoms in total. The lowest BCUT2D eigenvalue weighted by atomic mass is 9.97. The predicted molar refractivity (Wildman–Crippen MR) is 125 cm³/mol. The molecule has 0 unspecified atom stereocenters. The lowest BCUT2D eigenvalue weighted by molar-refractivity contribution is 0.578. The van der Waals surface area contributed by atoms with Crippen LogP contribution >= 0.6 is 12.2 Å². The fraction of sp³-hybridized carbons (Fsp3) is 0.318. The number of hydrogen-bond donors (Lipinski definition) is 2. The average molecular weight is 458 g/mol. The monoisotopic (exact) mass is 457 g/mol. The minimum atomic E-state index is -3.75. The van der Waals surface area contributed by atoms with Crippen molar-refractivity contribution in [3.05, 3.63) is 85.1 Å². The number of hydrogen-bond acceptors (Lipinski definition) is 5. The van der Waals surface area contributed by atoms with Crippen molar-refractivity contribution in [2.45, 2.75) is 45.1 Å². The maximum atomic E-state index is 12.7. The third-order valence-electron chi connectivity index (χ3n) is 5.56. The van der Waals surface area contributed by atoms with E-state index in [1.165, 1.54) is 10.6 Å². The van der Waals surface area contributed by atoms with Gasteiger partial charge >= 0.3 is 5.69 Å². The minimum absolute atomic E-state index is 0.111. The van der Waals surface area contributed by atoms with Crippen molar-refractivity contribution in [1.82, 2.24) is 9.55 Å². The fourth-order valence-corrected chi connectivity index (χ4v) is 5.58. The summed E-state index contributed by atoms with van der Waals surface area (Å²) in [5.74, 6) is 0. The van der Waals surface area contributed by atoms with E-state index < -0.39 is 10.0 Å². The molecule has 0 saturated carbocycles. The zero-order valence-corrected chi connectivity index (χ0v) is 18.5. The molecule has 1 aromatic carbocycles. The van der Waals surface area contributed by atoms with Gasteiger partial charge in [0.2, 0.25) is 0 Å². The van der Waals surface area contributed by atoms with Crippen molar-refractivity contribution in [2.75, 3.05) is 4.72 Å². The second-order valence-electron chi connectivity index (χ2n) is 7.69. The molecule has 0 radical (unpaired) electrons. The average Bonchev–Trinajstić information content (AvgIpc) is 2.74. The number of thiocarbonyl (C=S) groups is 1. The Labute approximate surface area is 185 Å². The predicted octanol–water partition coefficient (Wildman–Crippen LogP) is 2.61. The molecule has 2 N–H and O–H groups in total. The normalized spacial score (nSPS) is 16.0. The van der Waals surface area contributed by atoms with Crippen molar-refractivity contribution in [1.29, 1.82) is 0 Å². The van der Waals surface area contributed by atoms with Crippen molar-refractivity contribution in [3.63, 3.8) is 0 Å². The first-order valence-electron chi connectivity index (χ1n) is 10.2. The first kappa shape index (κ1) is 21.5. The Morgan fingerprint density at radius 1 is 1.10 bits per heavy atom. The Morgan fingerprint density at radius 2 is 1.84 bits per heavy atom. The summed E-state index contributed by atoms with van der Waals surface area (Å²) in [6, 6.07) is 6.88. The number of aryl methyl sites for hydroxylation is 2. The third kappa shape index (κ3) is 4.62. The number of anilines is 1. The summed E-state index contributed by atoms with van der Waals surface area (Å²) >= 11 is 5.16. The molecule has 0 amide bonds. The molecule has 9 heteroatoms. The molecule has 1 heterocycles. The van der Waals surface area contributed by atoms with Crippen molar-refractivity contribution in [3.8, 4) is 0 Å². The van der Waals surface area contributed by atoms with Crippen LogP contribution in [0.1, 0.15) is 36.1 Å². The van der Waals surface area contributed by atoms with E-state index >= 15 is 0 Å². The Kier molecular flexibility index (Phi) is 6.06. The van der Waals surface area contributed by atoms with Gasteiger partial charge in [-0.25, -0.2) is 13.2 Å². The van der Waals surface area contributed by atoms with E-state index in [1.54, 1.807) is 30.3 Å². The largest absolute Gasteiger partial charge is 0.328 e. The zero-order chi connectivity index (χ0) is 22.0. The van der Waals surface area contributed by atoms with E-state index in [0.717, 1.165) is 36.1 Å². The maximum Gasteiger partial charge on any atom is 0.328 e. The summed E-state index contributed by atoms with van der Waals surface area (Å²) < 4.78 is 29.0. The van der Waals surface area contributed by atoms with Crippen molar-refractivity contribution < 1.29 is 8.42 Å². The summed E-state index contributed by atoms with van der Waals surface area (Å²) in [5.41, 5.74) is 2.24. The number of allylic oxidation sites excluding steroid dienone is 4. The van der Waals surface area contributed by atoms with Crippen LogP contribution in [0, 0.1) is 0 Å². The van der Waals surface area contributed by atoms with Gasteiger partial charge in [0.15, 0.2) is 0 Å². The van der Waals surface area contributed by atoms with Gasteiger partial charge in [-0.2, -0.15) is 0 Å². The third-order valence-corrected chi connectivity index (χ3v) is 7.54. The number of aromatic nitrogens is 2. The molecule has 162 valence electrons. The molecule has 2 aromatic rings. The molecular formula is C22H23N3O4S2. The first-order chi connectivity index (χ1) is 14.8. The van der Waals surface area contributed by atoms with Gasteiger partial charge in [-0.15, -0.1) is 0 Å². The molecule has 4 rings (SSSR count). The number of nitrogens with zero attached hydrogens (tertiary/aromatic N) is 1. The SMILES string of the molecule is O=c1[nH]c2c(c(=O)n1CCc1ccc(NS(=O)(=O)C3=CC=CCC3=S)cc1)CCCC2. The fourth-order valence-electron chi connectivity index (χ4n) is 3.89. The molecule has 0 saturated heterocycles. The van der Waals surface area contributed by atoms with Gasteiger partial charge < -0.3 is 4.98 Å². The van der Waals surface area contributed by atoms with E-state index in [1.807, 2.05) is 6.08 Å². The van der Waals surface area contributed by atoms with Crippen molar-refractivity contribution in [2.24, 2.45) is 0 Å². The lowest BCUT2D eigenvalue weighted by Gasteiger charge is -2.16. The summed E-state index contributed by atoms with van der Waals surface area (Å²) in [4.78, 5) is 28.4. The molecule has 0 fully saturated rings. The maximum absolute atomic E-state index is 12.7. The van der Waals surface area contributed by atoms with Gasteiger partial charge in [-0.05, 0) is 55.9 Å². The van der Waals surface area contributed by atoms with Gasteiger partial charge in [-0.3, -0.25) is 14.1 Å². The van der Waals surface area contributed by atoms with E-state index in [2.05, 4.69) is 9.71 Å². The summed E-state index contributed by atoms with van der Waals surface area (Å²) in [6.45, 7) is 0.264. The Balaban J connectivity index is 1.46. The Morgan fingerprint density at radius 3 is 2.58 bits per heavy atom. The second-order valence-corrected chi connectivity index (χ2v) is 9.83. The van der Waals surface area contributed by atoms with Crippen LogP contribution in [0.2, 0.25) is 0 Å². The molecular weight excluding hydrogens is 434 g/mol. The van der Waals surface area contributed by atoms with E-state index in [0.29, 0.717) is 29.8 Å². The smallest absolute Gasteiger partial charge is 0.311 e. The number of rotatable bonds is 6. The number of nitrogens with one attached hydrogen (secondary N) is 2. The van der Waals surface area contributed by atoms with Crippen LogP contribution in [0.3, 0.4) is 0 Å². The van der Waals surface area contributed by atoms with Gasteiger partial charge in [0, 0.05) is 34.8 Å². The number of benzene rings is 1. The van der Waals surface area contributed by atoms with Crippen LogP contribution in [0.5, 0.6) is 0 Å². The quantitative estimate of drug-likeness (QED) is 0.650. The topological polar surface area (TPSA) is 101 Å². The van der Waals surface area contributed by atoms with Crippen LogP contribution in [0.15, 0.2) is 57.0 Å². The van der Waals surface area contributed by atoms with Crippen molar-refractivity contribution >= 4 is 32.8 Å². The van der Waals surface area contributed by atoms with E-state index in [4.69, 9.17) is 12.2 Å². The highest BCUT2D eigenvalue weighted by atomic mass is 32.2. The van der Waals surface area contributed by atoms with Gasteiger partial charge in [0.25, 0.3) is 15.6 Å². The van der Waals surface area contributed by atoms with E-state index in [-0.39, 0.29) is 22.7 Å². The standard InChI is InChI=1S/C22H23N3O4S2/c26-21-17-5-1-2-6-18(17)23-22(27)25(21)14-13-15-9-11-16(12-10-15)24-31(28,29)20-8-4-3-7-19(20)30/h3-4,8-12,24H,1-2,5-7,13-14H2,(H,23,27). The highest BCUT2D eigenvalue weighted by Gasteiger charge is 2.22. The molecule has 2 aliphatic carbocycles. The molecule has 0 spiro atoms. The summed E-state index contributed by atoms with van der Waals surface area (Å²) in [7, 11) is -3.75. The molecule has 1 aromatic heterocycles. The molecule has 0 atom stereocenters. The summed E-state index contributed by atoms with van der Waals surface area (Å²) in [6.07, 6.45) is 9.30. The van der Waals surface area contributed by atoms with Gasteiger partial charge in [0.05, 0.1) is 0 Å². The molecule has 31 heavy (non-hydrogen) atoms. The van der Waals surface area contributed by atoms with Gasteiger partial charge in [0.1, 0.15) is 4.91 Å². The van der Waals surface area contributed by atoms with Crippen LogP contribution in [0.4, 0.5) is 5.69 Å². The first-order valence-corrected chi connectivity index (χ1v) is 12.1. The second kappa shape index (κ2) is 8.76. The Hall–Kier alpha value is -2.78. The van der Waals surface area contributed by atoms with E-state index in [9.17, 15) is 18.0 Å². The number of fused-ring (bicyclic) bond motifs is 1. The summed E-state index contributed by atoms with van der Waals surface area (Å²) in [5, 5.41) is 0. The van der Waals surface area contributed by atoms with Crippen LogP contribution < -0.4 is 16.0 Å². The number of sulfonamides is 1.